The fourth-order valence-corrected chi connectivity index (χ4v) is 3.49. The van der Waals surface area contributed by atoms with Gasteiger partial charge in [-0.05, 0) is 24.6 Å². The quantitative estimate of drug-likeness (QED) is 0.483. The summed E-state index contributed by atoms with van der Waals surface area (Å²) in [6, 6.07) is 9.37. The highest BCUT2D eigenvalue weighted by atomic mass is 16.7. The molecule has 1 saturated heterocycles. The number of rotatable bonds is 4. The third kappa shape index (κ3) is 3.84. The average Bonchev–Trinajstić information content (AvgIpc) is 2.76. The molecule has 0 bridgehead atoms. The molecule has 9 heteroatoms. The Morgan fingerprint density at radius 3 is 2.35 bits per heavy atom. The van der Waals surface area contributed by atoms with Gasteiger partial charge in [0.1, 0.15) is 52.8 Å². The van der Waals surface area contributed by atoms with Crippen LogP contribution < -0.4 is 14.9 Å². The van der Waals surface area contributed by atoms with Crippen molar-refractivity contribution in [3.8, 4) is 28.4 Å². The molecule has 4 rings (SSSR count). The summed E-state index contributed by atoms with van der Waals surface area (Å²) in [5, 5.41) is 40.3. The number of fused-ring (bicyclic) bond motifs is 1. The zero-order valence-electron chi connectivity index (χ0n) is 16.8. The predicted molar refractivity (Wildman–Crippen MR) is 109 cm³/mol. The Balaban J connectivity index is 1.67. The second-order valence-corrected chi connectivity index (χ2v) is 7.32. The molecule has 1 aliphatic heterocycles. The molecule has 5 atom stereocenters. The standard InChI is InChI=1S/C22H22O9/c1-10-18(24)20(26)21(27)22(30-10)31-13-7-15(23)17-16(8-13)29-9-14(19(17)25)11-3-5-12(28-2)6-4-11/h3-10,18,20-24,26-27H,1-2H3. The van der Waals surface area contributed by atoms with Crippen LogP contribution in [0.4, 0.5) is 0 Å². The molecule has 31 heavy (non-hydrogen) atoms. The summed E-state index contributed by atoms with van der Waals surface area (Å²) in [5.74, 6) is 0.304. The number of benzene rings is 2. The van der Waals surface area contributed by atoms with E-state index in [1.54, 1.807) is 24.3 Å². The number of hydrogen-bond donors (Lipinski definition) is 4. The van der Waals surface area contributed by atoms with Crippen molar-refractivity contribution in [3.05, 3.63) is 52.9 Å². The molecule has 3 aromatic rings. The molecule has 0 amide bonds. The van der Waals surface area contributed by atoms with Gasteiger partial charge in [-0.2, -0.15) is 0 Å². The van der Waals surface area contributed by atoms with Crippen molar-refractivity contribution in [1.29, 1.82) is 0 Å². The van der Waals surface area contributed by atoms with Crippen molar-refractivity contribution in [1.82, 2.24) is 0 Å². The SMILES string of the molecule is COc1ccc(-c2coc3cc(OC4OC(C)C(O)C(O)C4O)cc(O)c3c2=O)cc1. The maximum atomic E-state index is 13.0. The van der Waals surface area contributed by atoms with Gasteiger partial charge in [-0.25, -0.2) is 0 Å². The van der Waals surface area contributed by atoms with Crippen LogP contribution in [-0.4, -0.2) is 58.2 Å². The fourth-order valence-electron chi connectivity index (χ4n) is 3.49. The Kier molecular flexibility index (Phi) is 5.59. The summed E-state index contributed by atoms with van der Waals surface area (Å²) < 4.78 is 21.6. The molecule has 2 heterocycles. The number of phenolic OH excluding ortho intramolecular Hbond substituents is 1. The Morgan fingerprint density at radius 1 is 0.968 bits per heavy atom. The first-order chi connectivity index (χ1) is 14.8. The summed E-state index contributed by atoms with van der Waals surface area (Å²) in [5.41, 5.74) is 0.486. The van der Waals surface area contributed by atoms with E-state index >= 15 is 0 Å². The molecule has 0 radical (unpaired) electrons. The van der Waals surface area contributed by atoms with E-state index in [0.29, 0.717) is 11.3 Å². The molecular formula is C22H22O9. The van der Waals surface area contributed by atoms with Crippen LogP contribution in [0.1, 0.15) is 6.92 Å². The number of aliphatic hydroxyl groups is 3. The van der Waals surface area contributed by atoms with E-state index in [4.69, 9.17) is 18.6 Å². The molecule has 5 unspecified atom stereocenters. The van der Waals surface area contributed by atoms with Crippen molar-refractivity contribution in [2.45, 2.75) is 37.6 Å². The van der Waals surface area contributed by atoms with Crippen molar-refractivity contribution < 1.29 is 39.1 Å². The van der Waals surface area contributed by atoms with Gasteiger partial charge in [0.2, 0.25) is 11.7 Å². The Morgan fingerprint density at radius 2 is 1.68 bits per heavy atom. The minimum absolute atomic E-state index is 0.0328. The van der Waals surface area contributed by atoms with Gasteiger partial charge in [-0.1, -0.05) is 12.1 Å². The maximum Gasteiger partial charge on any atom is 0.229 e. The van der Waals surface area contributed by atoms with E-state index in [2.05, 4.69) is 0 Å². The van der Waals surface area contributed by atoms with Gasteiger partial charge >= 0.3 is 0 Å². The lowest BCUT2D eigenvalue weighted by Crippen LogP contribution is -2.58. The van der Waals surface area contributed by atoms with Crippen LogP contribution in [0.2, 0.25) is 0 Å². The molecule has 0 aliphatic carbocycles. The topological polar surface area (TPSA) is 139 Å². The molecule has 1 aromatic heterocycles. The summed E-state index contributed by atoms with van der Waals surface area (Å²) in [6.07, 6.45) is -5.06. The van der Waals surface area contributed by atoms with E-state index in [0.717, 1.165) is 0 Å². The summed E-state index contributed by atoms with van der Waals surface area (Å²) in [4.78, 5) is 13.0. The molecule has 4 N–H and O–H groups in total. The van der Waals surface area contributed by atoms with Gasteiger partial charge < -0.3 is 39.1 Å². The number of hydrogen-bond acceptors (Lipinski definition) is 9. The molecule has 0 saturated carbocycles. The lowest BCUT2D eigenvalue weighted by Gasteiger charge is -2.38. The molecule has 2 aromatic carbocycles. The van der Waals surface area contributed by atoms with Crippen LogP contribution in [0.3, 0.4) is 0 Å². The van der Waals surface area contributed by atoms with E-state index in [9.17, 15) is 25.2 Å². The number of phenols is 1. The van der Waals surface area contributed by atoms with Gasteiger partial charge in [-0.3, -0.25) is 4.79 Å². The average molecular weight is 430 g/mol. The number of ether oxygens (including phenoxy) is 3. The normalized spacial score (nSPS) is 26.0. The van der Waals surface area contributed by atoms with Crippen LogP contribution in [0, 0.1) is 0 Å². The first-order valence-corrected chi connectivity index (χ1v) is 9.59. The van der Waals surface area contributed by atoms with Crippen LogP contribution in [0.5, 0.6) is 17.2 Å². The summed E-state index contributed by atoms with van der Waals surface area (Å²) >= 11 is 0. The minimum Gasteiger partial charge on any atom is -0.507 e. The number of aromatic hydroxyl groups is 1. The largest absolute Gasteiger partial charge is 0.507 e. The van der Waals surface area contributed by atoms with Gasteiger partial charge in [-0.15, -0.1) is 0 Å². The minimum atomic E-state index is -1.52. The Hall–Kier alpha value is -3.11. The van der Waals surface area contributed by atoms with Crippen LogP contribution in [0.15, 0.2) is 51.9 Å². The highest BCUT2D eigenvalue weighted by Gasteiger charge is 2.43. The van der Waals surface area contributed by atoms with Crippen molar-refractivity contribution in [3.63, 3.8) is 0 Å². The van der Waals surface area contributed by atoms with Crippen molar-refractivity contribution in [2.24, 2.45) is 0 Å². The Labute approximate surface area is 176 Å². The highest BCUT2D eigenvalue weighted by Crippen LogP contribution is 2.32. The Bertz CT molecular complexity index is 1140. The van der Waals surface area contributed by atoms with Gasteiger partial charge in [0.15, 0.2) is 0 Å². The lowest BCUT2D eigenvalue weighted by atomic mass is 10.00. The zero-order valence-corrected chi connectivity index (χ0v) is 16.8. The molecule has 0 spiro atoms. The van der Waals surface area contributed by atoms with E-state index in [1.165, 1.54) is 32.4 Å². The van der Waals surface area contributed by atoms with Crippen LogP contribution in [0.25, 0.3) is 22.1 Å². The lowest BCUT2D eigenvalue weighted by molar-refractivity contribution is -0.268. The highest BCUT2D eigenvalue weighted by molar-refractivity contribution is 5.88. The van der Waals surface area contributed by atoms with Gasteiger partial charge in [0, 0.05) is 12.1 Å². The van der Waals surface area contributed by atoms with Crippen molar-refractivity contribution in [2.75, 3.05) is 7.11 Å². The summed E-state index contributed by atoms with van der Waals surface area (Å²) in [7, 11) is 1.54. The first-order valence-electron chi connectivity index (χ1n) is 9.59. The zero-order chi connectivity index (χ0) is 22.3. The third-order valence-electron chi connectivity index (χ3n) is 5.29. The predicted octanol–water partition coefficient (Wildman–Crippen LogP) is 1.38. The molecule has 164 valence electrons. The maximum absolute atomic E-state index is 13.0. The first kappa shape index (κ1) is 21.1. The van der Waals surface area contributed by atoms with Gasteiger partial charge in [0.05, 0.1) is 18.8 Å². The molecule has 1 fully saturated rings. The molecule has 9 nitrogen and oxygen atoms in total. The smallest absolute Gasteiger partial charge is 0.229 e. The second-order valence-electron chi connectivity index (χ2n) is 7.32. The number of aliphatic hydroxyl groups excluding tert-OH is 3. The molecular weight excluding hydrogens is 408 g/mol. The van der Waals surface area contributed by atoms with Crippen LogP contribution >= 0.6 is 0 Å². The monoisotopic (exact) mass is 430 g/mol. The van der Waals surface area contributed by atoms with E-state index < -0.39 is 36.1 Å². The number of methoxy groups -OCH3 is 1. The van der Waals surface area contributed by atoms with Crippen molar-refractivity contribution >= 4 is 11.0 Å². The van der Waals surface area contributed by atoms with Gasteiger partial charge in [0.25, 0.3) is 0 Å². The molecule has 1 aliphatic rings. The van der Waals surface area contributed by atoms with E-state index in [-0.39, 0.29) is 28.0 Å². The third-order valence-corrected chi connectivity index (χ3v) is 5.29. The summed E-state index contributed by atoms with van der Waals surface area (Å²) in [6.45, 7) is 1.52. The van der Waals surface area contributed by atoms with E-state index in [1.807, 2.05) is 0 Å². The van der Waals surface area contributed by atoms with Crippen LogP contribution in [-0.2, 0) is 4.74 Å². The fraction of sp³-hybridized carbons (Fsp3) is 0.318. The second kappa shape index (κ2) is 8.20.